The van der Waals surface area contributed by atoms with Gasteiger partial charge in [-0.2, -0.15) is 0 Å². The van der Waals surface area contributed by atoms with Gasteiger partial charge in [-0.05, 0) is 30.7 Å². The van der Waals surface area contributed by atoms with Crippen LogP contribution >= 0.6 is 0 Å². The number of para-hydroxylation sites is 1. The molecule has 0 heterocycles. The third kappa shape index (κ3) is 3.09. The van der Waals surface area contributed by atoms with E-state index < -0.39 is 21.8 Å². The fourth-order valence-electron chi connectivity index (χ4n) is 1.97. The first kappa shape index (κ1) is 16.0. The number of hydrogen-bond donors (Lipinski definition) is 1. The lowest BCUT2D eigenvalue weighted by atomic mass is 10.1. The minimum absolute atomic E-state index is 0.0751. The van der Waals surface area contributed by atoms with Crippen molar-refractivity contribution in [2.24, 2.45) is 0 Å². The minimum Gasteiger partial charge on any atom is -0.465 e. The van der Waals surface area contributed by atoms with Crippen LogP contribution in [-0.2, 0) is 14.8 Å². The van der Waals surface area contributed by atoms with Gasteiger partial charge in [0.15, 0.2) is 0 Å². The van der Waals surface area contributed by atoms with Gasteiger partial charge in [-0.15, -0.1) is 0 Å². The summed E-state index contributed by atoms with van der Waals surface area (Å²) in [5.41, 5.74) is 0.178. The Kier molecular flexibility index (Phi) is 4.46. The molecule has 1 N–H and O–H groups in total. The molecule has 7 heteroatoms. The number of nitrogens with one attached hydrogen (secondary N) is 1. The van der Waals surface area contributed by atoms with Crippen LogP contribution in [-0.4, -0.2) is 21.5 Å². The fraction of sp³-hybridized carbons (Fsp3) is 0.133. The molecule has 0 saturated carbocycles. The summed E-state index contributed by atoms with van der Waals surface area (Å²) in [7, 11) is -2.97. The Hall–Kier alpha value is -2.41. The number of sulfonamides is 1. The number of rotatable bonds is 4. The lowest BCUT2D eigenvalue weighted by molar-refractivity contribution is 0.0595. The first-order chi connectivity index (χ1) is 10.4. The largest absolute Gasteiger partial charge is 0.465 e. The second kappa shape index (κ2) is 6.15. The van der Waals surface area contributed by atoms with Gasteiger partial charge in [0.2, 0.25) is 0 Å². The van der Waals surface area contributed by atoms with E-state index in [1.807, 2.05) is 0 Å². The molecule has 0 spiro atoms. The number of methoxy groups -OCH3 is 1. The highest BCUT2D eigenvalue weighted by Gasteiger charge is 2.25. The maximum absolute atomic E-state index is 13.6. The zero-order chi connectivity index (χ0) is 16.3. The molecule has 0 aliphatic rings. The van der Waals surface area contributed by atoms with Crippen LogP contribution in [0.5, 0.6) is 0 Å². The van der Waals surface area contributed by atoms with Crippen molar-refractivity contribution >= 4 is 21.7 Å². The number of hydrogen-bond acceptors (Lipinski definition) is 4. The molecule has 116 valence electrons. The molecule has 22 heavy (non-hydrogen) atoms. The Morgan fingerprint density at radius 2 is 1.82 bits per heavy atom. The first-order valence-corrected chi connectivity index (χ1v) is 7.80. The van der Waals surface area contributed by atoms with Crippen molar-refractivity contribution in [3.63, 3.8) is 0 Å². The van der Waals surface area contributed by atoms with Gasteiger partial charge in [0.25, 0.3) is 10.0 Å². The summed E-state index contributed by atoms with van der Waals surface area (Å²) in [5.74, 6) is -1.48. The van der Waals surface area contributed by atoms with E-state index in [4.69, 9.17) is 0 Å². The average Bonchev–Trinajstić information content (AvgIpc) is 2.48. The maximum Gasteiger partial charge on any atom is 0.339 e. The van der Waals surface area contributed by atoms with E-state index in [2.05, 4.69) is 9.46 Å². The molecule has 0 fully saturated rings. The number of carbonyl (C=O) groups excluding carboxylic acids is 1. The molecule has 0 radical (unpaired) electrons. The van der Waals surface area contributed by atoms with Crippen LogP contribution in [0.3, 0.4) is 0 Å². The highest BCUT2D eigenvalue weighted by Crippen LogP contribution is 2.24. The summed E-state index contributed by atoms with van der Waals surface area (Å²) >= 11 is 0. The summed E-state index contributed by atoms with van der Waals surface area (Å²) in [5, 5.41) is 0. The number of benzene rings is 2. The van der Waals surface area contributed by atoms with Crippen molar-refractivity contribution in [3.8, 4) is 0 Å². The Morgan fingerprint density at radius 3 is 2.45 bits per heavy atom. The van der Waals surface area contributed by atoms with Gasteiger partial charge in [-0.3, -0.25) is 4.72 Å². The SMILES string of the molecule is COC(=O)c1c(C)cccc1S(=O)(=O)Nc1ccccc1F. The van der Waals surface area contributed by atoms with Gasteiger partial charge in [-0.25, -0.2) is 17.6 Å². The summed E-state index contributed by atoms with van der Waals surface area (Å²) < 4.78 is 45.3. The molecule has 2 aromatic rings. The van der Waals surface area contributed by atoms with Crippen molar-refractivity contribution in [1.82, 2.24) is 0 Å². The van der Waals surface area contributed by atoms with Crippen LogP contribution in [0.1, 0.15) is 15.9 Å². The molecule has 0 unspecified atom stereocenters. The predicted molar refractivity (Wildman–Crippen MR) is 79.7 cm³/mol. The second-order valence-electron chi connectivity index (χ2n) is 4.52. The number of anilines is 1. The van der Waals surface area contributed by atoms with Gasteiger partial charge >= 0.3 is 5.97 Å². The van der Waals surface area contributed by atoms with Gasteiger partial charge in [-0.1, -0.05) is 24.3 Å². The van der Waals surface area contributed by atoms with Crippen molar-refractivity contribution < 1.29 is 22.3 Å². The maximum atomic E-state index is 13.6. The second-order valence-corrected chi connectivity index (χ2v) is 6.18. The molecule has 0 amide bonds. The molecule has 0 aromatic heterocycles. The smallest absolute Gasteiger partial charge is 0.339 e. The molecule has 0 atom stereocenters. The molecule has 0 aliphatic heterocycles. The van der Waals surface area contributed by atoms with Crippen LogP contribution < -0.4 is 4.72 Å². The van der Waals surface area contributed by atoms with E-state index in [-0.39, 0.29) is 16.1 Å². The molecule has 0 bridgehead atoms. The lowest BCUT2D eigenvalue weighted by Gasteiger charge is -2.13. The minimum atomic E-state index is -4.13. The third-order valence-electron chi connectivity index (χ3n) is 3.03. The van der Waals surface area contributed by atoms with E-state index in [1.54, 1.807) is 13.0 Å². The third-order valence-corrected chi connectivity index (χ3v) is 4.44. The number of esters is 1. The van der Waals surface area contributed by atoms with Crippen LogP contribution in [0.25, 0.3) is 0 Å². The Morgan fingerprint density at radius 1 is 1.14 bits per heavy atom. The van der Waals surface area contributed by atoms with Gasteiger partial charge in [0.1, 0.15) is 10.7 Å². The quantitative estimate of drug-likeness (QED) is 0.878. The van der Waals surface area contributed by atoms with E-state index >= 15 is 0 Å². The van der Waals surface area contributed by atoms with Crippen LogP contribution in [0.4, 0.5) is 10.1 Å². The van der Waals surface area contributed by atoms with Gasteiger partial charge in [0, 0.05) is 0 Å². The van der Waals surface area contributed by atoms with E-state index in [1.165, 1.54) is 30.3 Å². The molecule has 5 nitrogen and oxygen atoms in total. The zero-order valence-electron chi connectivity index (χ0n) is 12.0. The lowest BCUT2D eigenvalue weighted by Crippen LogP contribution is -2.19. The number of ether oxygens (including phenoxy) is 1. The predicted octanol–water partition coefficient (Wildman–Crippen LogP) is 2.72. The standard InChI is InChI=1S/C15H14FNO4S/c1-10-6-5-9-13(14(10)15(18)21-2)22(19,20)17-12-8-4-3-7-11(12)16/h3-9,17H,1-2H3. The monoisotopic (exact) mass is 323 g/mol. The molecular formula is C15H14FNO4S. The van der Waals surface area contributed by atoms with Crippen molar-refractivity contribution in [2.75, 3.05) is 11.8 Å². The summed E-state index contributed by atoms with van der Waals surface area (Å²) in [6.07, 6.45) is 0. The fourth-order valence-corrected chi connectivity index (χ4v) is 3.31. The van der Waals surface area contributed by atoms with E-state index in [0.29, 0.717) is 5.56 Å². The van der Waals surface area contributed by atoms with Gasteiger partial charge in [0.05, 0.1) is 18.4 Å². The van der Waals surface area contributed by atoms with E-state index in [9.17, 15) is 17.6 Å². The average molecular weight is 323 g/mol. The molecule has 2 aromatic carbocycles. The zero-order valence-corrected chi connectivity index (χ0v) is 12.8. The van der Waals surface area contributed by atoms with Crippen molar-refractivity contribution in [2.45, 2.75) is 11.8 Å². The van der Waals surface area contributed by atoms with Crippen molar-refractivity contribution in [3.05, 3.63) is 59.4 Å². The molecule has 0 saturated heterocycles. The summed E-state index contributed by atoms with van der Waals surface area (Å²) in [4.78, 5) is 11.6. The number of halogens is 1. The number of carbonyl (C=O) groups is 1. The highest BCUT2D eigenvalue weighted by atomic mass is 32.2. The topological polar surface area (TPSA) is 72.5 Å². The van der Waals surface area contributed by atoms with Crippen LogP contribution in [0.2, 0.25) is 0 Å². The summed E-state index contributed by atoms with van der Waals surface area (Å²) in [6, 6.07) is 9.72. The Bertz CT molecular complexity index is 818. The van der Waals surface area contributed by atoms with Gasteiger partial charge < -0.3 is 4.74 Å². The summed E-state index contributed by atoms with van der Waals surface area (Å²) in [6.45, 7) is 1.59. The molecule has 0 aliphatic carbocycles. The Balaban J connectivity index is 2.53. The molecule has 2 rings (SSSR count). The first-order valence-electron chi connectivity index (χ1n) is 6.32. The van der Waals surface area contributed by atoms with Crippen LogP contribution in [0, 0.1) is 12.7 Å². The van der Waals surface area contributed by atoms with Crippen molar-refractivity contribution in [1.29, 1.82) is 0 Å². The Labute approximate surface area is 127 Å². The normalized spacial score (nSPS) is 11.0. The number of aryl methyl sites for hydroxylation is 1. The molecular weight excluding hydrogens is 309 g/mol. The highest BCUT2D eigenvalue weighted by molar-refractivity contribution is 7.92. The van der Waals surface area contributed by atoms with E-state index in [0.717, 1.165) is 13.2 Å². The van der Waals surface area contributed by atoms with Crippen LogP contribution in [0.15, 0.2) is 47.4 Å².